The Morgan fingerprint density at radius 1 is 1.29 bits per heavy atom. The molecule has 24 heavy (non-hydrogen) atoms. The molecule has 0 atom stereocenters. The third-order valence-corrected chi connectivity index (χ3v) is 6.98. The van der Waals surface area contributed by atoms with E-state index < -0.39 is 32.8 Å². The molecule has 1 saturated carbocycles. The van der Waals surface area contributed by atoms with Crippen LogP contribution in [0.25, 0.3) is 11.1 Å². The van der Waals surface area contributed by atoms with Crippen LogP contribution in [0.3, 0.4) is 0 Å². The Morgan fingerprint density at radius 2 is 1.92 bits per heavy atom. The summed E-state index contributed by atoms with van der Waals surface area (Å²) in [5, 5.41) is -0.831. The summed E-state index contributed by atoms with van der Waals surface area (Å²) in [7, 11) is -3.86. The Morgan fingerprint density at radius 3 is 2.46 bits per heavy atom. The average molecular weight is 378 g/mol. The zero-order chi connectivity index (χ0) is 17.9. The van der Waals surface area contributed by atoms with Gasteiger partial charge in [-0.15, -0.1) is 0 Å². The van der Waals surface area contributed by atoms with Crippen LogP contribution in [0.15, 0.2) is 21.4 Å². The molecule has 0 unspecified atom stereocenters. The van der Waals surface area contributed by atoms with Crippen molar-refractivity contribution < 1.29 is 21.6 Å². The highest BCUT2D eigenvalue weighted by atomic mass is 35.5. The van der Waals surface area contributed by atoms with Gasteiger partial charge in [-0.3, -0.25) is 0 Å². The van der Waals surface area contributed by atoms with Crippen molar-refractivity contribution >= 4 is 32.5 Å². The van der Waals surface area contributed by atoms with Crippen LogP contribution in [0.5, 0.6) is 0 Å². The molecule has 0 spiro atoms. The standard InChI is InChI=1S/C16H18ClF2NO3S/c1-16(2,3)15-20-11-5-4-10(17)13(12(11)23-15)24(21,22)9-6-8(7-9)14(18)19/h4-5,8-9,14H,6-7H2,1-3H3. The van der Waals surface area contributed by atoms with Crippen LogP contribution >= 0.6 is 11.6 Å². The minimum atomic E-state index is -3.86. The van der Waals surface area contributed by atoms with Crippen molar-refractivity contribution in [2.45, 2.75) is 55.6 Å². The average Bonchev–Trinajstić information content (AvgIpc) is 2.78. The van der Waals surface area contributed by atoms with E-state index in [1.165, 1.54) is 6.07 Å². The largest absolute Gasteiger partial charge is 0.439 e. The van der Waals surface area contributed by atoms with E-state index in [4.69, 9.17) is 16.0 Å². The second-order valence-electron chi connectivity index (χ2n) is 7.23. The topological polar surface area (TPSA) is 60.2 Å². The lowest BCUT2D eigenvalue weighted by Gasteiger charge is -2.34. The third-order valence-electron chi connectivity index (χ3n) is 4.32. The van der Waals surface area contributed by atoms with Crippen molar-refractivity contribution in [1.82, 2.24) is 4.98 Å². The zero-order valence-electron chi connectivity index (χ0n) is 13.5. The summed E-state index contributed by atoms with van der Waals surface area (Å²) in [6.45, 7) is 5.69. The summed E-state index contributed by atoms with van der Waals surface area (Å²) in [5.41, 5.74) is 0.101. The molecule has 3 rings (SSSR count). The lowest BCUT2D eigenvalue weighted by Crippen LogP contribution is -2.39. The third kappa shape index (κ3) is 2.81. The minimum Gasteiger partial charge on any atom is -0.439 e. The molecule has 0 N–H and O–H groups in total. The number of fused-ring (bicyclic) bond motifs is 1. The quantitative estimate of drug-likeness (QED) is 0.784. The van der Waals surface area contributed by atoms with Gasteiger partial charge in [0.25, 0.3) is 0 Å². The predicted molar refractivity (Wildman–Crippen MR) is 87.4 cm³/mol. The van der Waals surface area contributed by atoms with Crippen molar-refractivity contribution in [1.29, 1.82) is 0 Å². The first-order valence-corrected chi connectivity index (χ1v) is 9.56. The fourth-order valence-electron chi connectivity index (χ4n) is 2.76. The molecule has 132 valence electrons. The Kier molecular flexibility index (Phi) is 4.15. The van der Waals surface area contributed by atoms with Crippen LogP contribution in [-0.4, -0.2) is 25.1 Å². The molecule has 1 aliphatic rings. The molecule has 0 radical (unpaired) electrons. The van der Waals surface area contributed by atoms with E-state index in [0.29, 0.717) is 11.4 Å². The van der Waals surface area contributed by atoms with Crippen molar-refractivity contribution in [2.75, 3.05) is 0 Å². The number of oxazole rings is 1. The number of rotatable bonds is 3. The maximum Gasteiger partial charge on any atom is 0.241 e. The molecular weight excluding hydrogens is 360 g/mol. The van der Waals surface area contributed by atoms with Crippen molar-refractivity contribution in [3.63, 3.8) is 0 Å². The highest BCUT2D eigenvalue weighted by molar-refractivity contribution is 7.92. The number of benzene rings is 1. The van der Waals surface area contributed by atoms with Gasteiger partial charge in [0.15, 0.2) is 15.4 Å². The molecule has 0 aliphatic heterocycles. The van der Waals surface area contributed by atoms with Gasteiger partial charge in [0.2, 0.25) is 12.3 Å². The van der Waals surface area contributed by atoms with Gasteiger partial charge in [-0.2, -0.15) is 0 Å². The van der Waals surface area contributed by atoms with Crippen LogP contribution in [-0.2, 0) is 15.3 Å². The molecule has 1 heterocycles. The molecule has 0 bridgehead atoms. The van der Waals surface area contributed by atoms with Gasteiger partial charge in [0, 0.05) is 11.3 Å². The van der Waals surface area contributed by atoms with Crippen LogP contribution in [0.1, 0.15) is 39.5 Å². The van der Waals surface area contributed by atoms with Crippen LogP contribution in [0, 0.1) is 5.92 Å². The summed E-state index contributed by atoms with van der Waals surface area (Å²) in [4.78, 5) is 4.20. The highest BCUT2D eigenvalue weighted by Crippen LogP contribution is 2.43. The van der Waals surface area contributed by atoms with Gasteiger partial charge in [-0.05, 0) is 25.0 Å². The van der Waals surface area contributed by atoms with E-state index >= 15 is 0 Å². The number of sulfone groups is 1. The Bertz CT molecular complexity index is 881. The Hall–Kier alpha value is -1.21. The zero-order valence-corrected chi connectivity index (χ0v) is 15.1. The first kappa shape index (κ1) is 17.6. The molecule has 1 aliphatic carbocycles. The lowest BCUT2D eigenvalue weighted by atomic mass is 9.85. The van der Waals surface area contributed by atoms with E-state index in [1.807, 2.05) is 20.8 Å². The Labute approximate surface area is 144 Å². The maximum absolute atomic E-state index is 12.9. The van der Waals surface area contributed by atoms with Gasteiger partial charge < -0.3 is 4.42 Å². The lowest BCUT2D eigenvalue weighted by molar-refractivity contribution is 0.0364. The van der Waals surface area contributed by atoms with Crippen molar-refractivity contribution in [2.24, 2.45) is 5.92 Å². The number of halogens is 3. The van der Waals surface area contributed by atoms with Gasteiger partial charge in [0.1, 0.15) is 10.4 Å². The van der Waals surface area contributed by atoms with Crippen molar-refractivity contribution in [3.8, 4) is 0 Å². The minimum absolute atomic E-state index is 0.0274. The van der Waals surface area contributed by atoms with Crippen molar-refractivity contribution in [3.05, 3.63) is 23.0 Å². The molecular formula is C16H18ClF2NO3S. The second-order valence-corrected chi connectivity index (χ2v) is 9.80. The first-order chi connectivity index (χ1) is 11.0. The molecule has 2 aromatic rings. The first-order valence-electron chi connectivity index (χ1n) is 7.63. The predicted octanol–water partition coefficient (Wildman–Crippen LogP) is 4.60. The second kappa shape index (κ2) is 5.66. The van der Waals surface area contributed by atoms with Gasteiger partial charge in [-0.1, -0.05) is 32.4 Å². The van der Waals surface area contributed by atoms with Gasteiger partial charge in [-0.25, -0.2) is 22.2 Å². The van der Waals surface area contributed by atoms with Crippen LogP contribution in [0.4, 0.5) is 8.78 Å². The molecule has 8 heteroatoms. The number of alkyl halides is 2. The smallest absolute Gasteiger partial charge is 0.241 e. The van der Waals surface area contributed by atoms with Crippen LogP contribution < -0.4 is 0 Å². The highest BCUT2D eigenvalue weighted by Gasteiger charge is 2.45. The van der Waals surface area contributed by atoms with Crippen LogP contribution in [0.2, 0.25) is 5.02 Å². The van der Waals surface area contributed by atoms with E-state index in [9.17, 15) is 17.2 Å². The normalized spacial score (nSPS) is 22.1. The fraction of sp³-hybridized carbons (Fsp3) is 0.562. The Balaban J connectivity index is 2.09. The summed E-state index contributed by atoms with van der Waals surface area (Å²) in [5.74, 6) is -0.474. The molecule has 1 fully saturated rings. The summed E-state index contributed by atoms with van der Waals surface area (Å²) < 4.78 is 56.7. The molecule has 0 saturated heterocycles. The monoisotopic (exact) mass is 377 g/mol. The summed E-state index contributed by atoms with van der Waals surface area (Å²) in [6.07, 6.45) is -2.62. The van der Waals surface area contributed by atoms with Gasteiger partial charge >= 0.3 is 0 Å². The van der Waals surface area contributed by atoms with E-state index in [0.717, 1.165) is 0 Å². The fourth-order valence-corrected chi connectivity index (χ4v) is 5.31. The molecule has 4 nitrogen and oxygen atoms in total. The SMILES string of the molecule is CC(C)(C)c1nc2ccc(Cl)c(S(=O)(=O)C3CC(C(F)F)C3)c2o1. The summed E-state index contributed by atoms with van der Waals surface area (Å²) in [6, 6.07) is 3.05. The van der Waals surface area contributed by atoms with E-state index in [1.54, 1.807) is 6.07 Å². The molecule has 1 aromatic heterocycles. The molecule has 0 amide bonds. The number of hydrogen-bond acceptors (Lipinski definition) is 4. The number of aromatic nitrogens is 1. The molecule has 1 aromatic carbocycles. The maximum atomic E-state index is 12.9. The number of nitrogens with zero attached hydrogens (tertiary/aromatic N) is 1. The summed E-state index contributed by atoms with van der Waals surface area (Å²) >= 11 is 6.12. The van der Waals surface area contributed by atoms with Gasteiger partial charge in [0.05, 0.1) is 10.3 Å². The van der Waals surface area contributed by atoms with E-state index in [-0.39, 0.29) is 28.3 Å². The van der Waals surface area contributed by atoms with E-state index in [2.05, 4.69) is 4.98 Å². The number of hydrogen-bond donors (Lipinski definition) is 0.